The maximum absolute atomic E-state index is 12.0. The molecule has 2 aliphatic rings. The Morgan fingerprint density at radius 3 is 2.74 bits per heavy atom. The molecule has 0 radical (unpaired) electrons. The molecule has 1 N–H and O–H groups in total. The molecule has 1 aromatic carbocycles. The van der Waals surface area contributed by atoms with Crippen LogP contribution < -0.4 is 10.2 Å². The van der Waals surface area contributed by atoms with Crippen LogP contribution in [0.3, 0.4) is 0 Å². The van der Waals surface area contributed by atoms with Gasteiger partial charge in [-0.1, -0.05) is 23.7 Å². The maximum Gasteiger partial charge on any atom is 0.227 e. The Balaban J connectivity index is 1.72. The Hall–Kier alpha value is -1.55. The monoisotopic (exact) mass is 278 g/mol. The quantitative estimate of drug-likeness (QED) is 0.919. The third kappa shape index (κ3) is 2.59. The summed E-state index contributed by atoms with van der Waals surface area (Å²) < 4.78 is 0. The van der Waals surface area contributed by atoms with Crippen molar-refractivity contribution < 1.29 is 9.59 Å². The van der Waals surface area contributed by atoms with E-state index >= 15 is 0 Å². The Bertz CT molecular complexity index is 528. The number of halogens is 1. The molecule has 0 bridgehead atoms. The first kappa shape index (κ1) is 12.5. The largest absolute Gasteiger partial charge is 0.353 e. The zero-order chi connectivity index (χ0) is 13.4. The number of anilines is 1. The molecule has 1 saturated carbocycles. The van der Waals surface area contributed by atoms with Crippen LogP contribution in [0.1, 0.15) is 19.3 Å². The molecule has 0 aromatic heterocycles. The van der Waals surface area contributed by atoms with Crippen molar-refractivity contribution in [2.24, 2.45) is 5.92 Å². The minimum atomic E-state index is -0.260. The van der Waals surface area contributed by atoms with Gasteiger partial charge in [0.15, 0.2) is 0 Å². The van der Waals surface area contributed by atoms with Gasteiger partial charge in [-0.15, -0.1) is 0 Å². The molecule has 4 nitrogen and oxygen atoms in total. The Morgan fingerprint density at radius 1 is 1.32 bits per heavy atom. The number of amides is 2. The molecule has 0 spiro atoms. The van der Waals surface area contributed by atoms with E-state index < -0.39 is 0 Å². The summed E-state index contributed by atoms with van der Waals surface area (Å²) in [7, 11) is 0. The van der Waals surface area contributed by atoms with Crippen LogP contribution in [0.2, 0.25) is 5.02 Å². The highest BCUT2D eigenvalue weighted by molar-refractivity contribution is 6.33. The molecule has 2 amide bonds. The van der Waals surface area contributed by atoms with Crippen LogP contribution in [-0.2, 0) is 9.59 Å². The molecule has 1 aliphatic heterocycles. The van der Waals surface area contributed by atoms with Gasteiger partial charge in [0.2, 0.25) is 11.8 Å². The molecule has 1 unspecified atom stereocenters. The molecule has 2 fully saturated rings. The summed E-state index contributed by atoms with van der Waals surface area (Å²) in [6, 6.07) is 7.55. The van der Waals surface area contributed by atoms with Gasteiger partial charge in [-0.2, -0.15) is 0 Å². The lowest BCUT2D eigenvalue weighted by atomic mass is 10.1. The van der Waals surface area contributed by atoms with E-state index in [9.17, 15) is 9.59 Å². The van der Waals surface area contributed by atoms with E-state index in [1.807, 2.05) is 12.1 Å². The van der Waals surface area contributed by atoms with Gasteiger partial charge < -0.3 is 10.2 Å². The number of nitrogens with zero attached hydrogens (tertiary/aromatic N) is 1. The molecule has 3 rings (SSSR count). The van der Waals surface area contributed by atoms with E-state index in [1.165, 1.54) is 0 Å². The van der Waals surface area contributed by atoms with E-state index in [4.69, 9.17) is 11.6 Å². The first-order valence-corrected chi connectivity index (χ1v) is 6.88. The van der Waals surface area contributed by atoms with Crippen LogP contribution in [0.4, 0.5) is 5.69 Å². The molecular formula is C14H15ClN2O2. The van der Waals surface area contributed by atoms with E-state index in [2.05, 4.69) is 5.32 Å². The van der Waals surface area contributed by atoms with Gasteiger partial charge in [0.1, 0.15) is 0 Å². The standard InChI is InChI=1S/C14H15ClN2O2/c15-11-3-1-2-4-12(11)17-8-9(7-13(17)18)14(19)16-10-5-6-10/h1-4,9-10H,5-8H2,(H,16,19). The molecule has 1 aliphatic carbocycles. The second-order valence-electron chi connectivity index (χ2n) is 5.14. The maximum atomic E-state index is 12.0. The highest BCUT2D eigenvalue weighted by atomic mass is 35.5. The fraction of sp³-hybridized carbons (Fsp3) is 0.429. The van der Waals surface area contributed by atoms with Gasteiger partial charge in [0.25, 0.3) is 0 Å². The second kappa shape index (κ2) is 4.85. The number of rotatable bonds is 3. The normalized spacial score (nSPS) is 22.7. The molecule has 1 aromatic rings. The van der Waals surface area contributed by atoms with Crippen LogP contribution >= 0.6 is 11.6 Å². The van der Waals surface area contributed by atoms with Crippen molar-refractivity contribution in [2.45, 2.75) is 25.3 Å². The van der Waals surface area contributed by atoms with Crippen LogP contribution in [0.15, 0.2) is 24.3 Å². The van der Waals surface area contributed by atoms with Crippen LogP contribution in [0.25, 0.3) is 0 Å². The third-order valence-corrected chi connectivity index (χ3v) is 3.88. The van der Waals surface area contributed by atoms with E-state index in [1.54, 1.807) is 17.0 Å². The molecule has 19 heavy (non-hydrogen) atoms. The number of benzene rings is 1. The molecular weight excluding hydrogens is 264 g/mol. The first-order valence-electron chi connectivity index (χ1n) is 6.50. The SMILES string of the molecule is O=C(NC1CC1)C1CC(=O)N(c2ccccc2Cl)C1. The molecule has 100 valence electrons. The van der Waals surface area contributed by atoms with Gasteiger partial charge in [0.05, 0.1) is 16.6 Å². The molecule has 1 heterocycles. The average molecular weight is 279 g/mol. The lowest BCUT2D eigenvalue weighted by Crippen LogP contribution is -2.34. The van der Waals surface area contributed by atoms with Crippen molar-refractivity contribution in [3.8, 4) is 0 Å². The smallest absolute Gasteiger partial charge is 0.227 e. The summed E-state index contributed by atoms with van der Waals surface area (Å²) in [6.45, 7) is 0.418. The van der Waals surface area contributed by atoms with Crippen molar-refractivity contribution in [2.75, 3.05) is 11.4 Å². The van der Waals surface area contributed by atoms with E-state index in [0.29, 0.717) is 23.3 Å². The summed E-state index contributed by atoms with van der Waals surface area (Å²) in [5.74, 6) is -0.307. The zero-order valence-electron chi connectivity index (χ0n) is 10.4. The molecule has 1 atom stereocenters. The number of carbonyl (C=O) groups excluding carboxylic acids is 2. The number of hydrogen-bond acceptors (Lipinski definition) is 2. The molecule has 1 saturated heterocycles. The predicted octanol–water partition coefficient (Wildman–Crippen LogP) is 1.97. The van der Waals surface area contributed by atoms with Gasteiger partial charge >= 0.3 is 0 Å². The Labute approximate surface area is 116 Å². The number of carbonyl (C=O) groups is 2. The lowest BCUT2D eigenvalue weighted by molar-refractivity contribution is -0.126. The van der Waals surface area contributed by atoms with Crippen LogP contribution in [0.5, 0.6) is 0 Å². The molecule has 5 heteroatoms. The second-order valence-corrected chi connectivity index (χ2v) is 5.55. The third-order valence-electron chi connectivity index (χ3n) is 3.56. The van der Waals surface area contributed by atoms with E-state index in [0.717, 1.165) is 12.8 Å². The van der Waals surface area contributed by atoms with Crippen molar-refractivity contribution in [3.05, 3.63) is 29.3 Å². The van der Waals surface area contributed by atoms with Crippen molar-refractivity contribution >= 4 is 29.1 Å². The van der Waals surface area contributed by atoms with Crippen molar-refractivity contribution in [3.63, 3.8) is 0 Å². The Morgan fingerprint density at radius 2 is 2.05 bits per heavy atom. The van der Waals surface area contributed by atoms with Crippen molar-refractivity contribution in [1.29, 1.82) is 0 Å². The highest BCUT2D eigenvalue weighted by Gasteiger charge is 2.37. The van der Waals surface area contributed by atoms with E-state index in [-0.39, 0.29) is 24.2 Å². The number of para-hydroxylation sites is 1. The fourth-order valence-corrected chi connectivity index (χ4v) is 2.57. The Kier molecular flexibility index (Phi) is 3.19. The zero-order valence-corrected chi connectivity index (χ0v) is 11.2. The average Bonchev–Trinajstić information content (AvgIpc) is 3.11. The summed E-state index contributed by atoms with van der Waals surface area (Å²) in [5.41, 5.74) is 0.691. The van der Waals surface area contributed by atoms with Crippen LogP contribution in [0, 0.1) is 5.92 Å². The van der Waals surface area contributed by atoms with Gasteiger partial charge in [0, 0.05) is 19.0 Å². The minimum Gasteiger partial charge on any atom is -0.353 e. The first-order chi connectivity index (χ1) is 9.15. The summed E-state index contributed by atoms with van der Waals surface area (Å²) in [5, 5.41) is 3.49. The summed E-state index contributed by atoms with van der Waals surface area (Å²) >= 11 is 6.10. The predicted molar refractivity (Wildman–Crippen MR) is 73.1 cm³/mol. The number of hydrogen-bond donors (Lipinski definition) is 1. The topological polar surface area (TPSA) is 49.4 Å². The number of nitrogens with one attached hydrogen (secondary N) is 1. The van der Waals surface area contributed by atoms with Crippen molar-refractivity contribution in [1.82, 2.24) is 5.32 Å². The van der Waals surface area contributed by atoms with Gasteiger partial charge in [-0.05, 0) is 25.0 Å². The fourth-order valence-electron chi connectivity index (χ4n) is 2.33. The minimum absolute atomic E-state index is 0.00889. The lowest BCUT2D eigenvalue weighted by Gasteiger charge is -2.18. The van der Waals surface area contributed by atoms with Gasteiger partial charge in [-0.3, -0.25) is 9.59 Å². The van der Waals surface area contributed by atoms with Crippen LogP contribution in [-0.4, -0.2) is 24.4 Å². The van der Waals surface area contributed by atoms with Gasteiger partial charge in [-0.25, -0.2) is 0 Å². The summed E-state index contributed by atoms with van der Waals surface area (Å²) in [4.78, 5) is 25.6. The highest BCUT2D eigenvalue weighted by Crippen LogP contribution is 2.31. The summed E-state index contributed by atoms with van der Waals surface area (Å²) in [6.07, 6.45) is 2.38.